The molecule has 0 amide bonds. The second-order valence-corrected chi connectivity index (χ2v) is 7.06. The SMILES string of the molecule is COC[SH](C)(C)=NI. The van der Waals surface area contributed by atoms with Gasteiger partial charge in [0.1, 0.15) is 0 Å². The van der Waals surface area contributed by atoms with Crippen LogP contribution in [0.5, 0.6) is 0 Å². The van der Waals surface area contributed by atoms with E-state index in [0.29, 0.717) is 0 Å². The molecule has 0 saturated carbocycles. The summed E-state index contributed by atoms with van der Waals surface area (Å²) in [5, 5.41) is 0. The molecule has 0 aromatic heterocycles. The molecule has 2 nitrogen and oxygen atoms in total. The van der Waals surface area contributed by atoms with E-state index in [0.717, 1.165) is 5.94 Å². The predicted octanol–water partition coefficient (Wildman–Crippen LogP) is 1.27. The van der Waals surface area contributed by atoms with Crippen molar-refractivity contribution < 1.29 is 4.74 Å². The largest absolute Gasteiger partial charge is 0.375 e. The molecule has 0 aliphatic carbocycles. The lowest BCUT2D eigenvalue weighted by Gasteiger charge is -2.14. The number of hydrogen-bond donors (Lipinski definition) is 1. The summed E-state index contributed by atoms with van der Waals surface area (Å²) < 4.78 is 9.11. The maximum absolute atomic E-state index is 4.95. The van der Waals surface area contributed by atoms with Crippen LogP contribution < -0.4 is 0 Å². The van der Waals surface area contributed by atoms with Gasteiger partial charge in [0, 0.05) is 7.11 Å². The fourth-order valence-corrected chi connectivity index (χ4v) is 1.39. The summed E-state index contributed by atoms with van der Waals surface area (Å²) in [5.41, 5.74) is 0. The van der Waals surface area contributed by atoms with Crippen molar-refractivity contribution in [1.82, 2.24) is 0 Å². The Morgan fingerprint density at radius 3 is 2.25 bits per heavy atom. The third-order valence-corrected chi connectivity index (χ3v) is 5.45. The minimum absolute atomic E-state index is 0.802. The molecule has 0 aromatic rings. The number of thiol groups is 1. The zero-order chi connectivity index (χ0) is 6.62. The Labute approximate surface area is 65.6 Å². The van der Waals surface area contributed by atoms with Gasteiger partial charge in [0.2, 0.25) is 0 Å². The van der Waals surface area contributed by atoms with E-state index in [-0.39, 0.29) is 0 Å². The summed E-state index contributed by atoms with van der Waals surface area (Å²) in [6.07, 6.45) is 4.28. The maximum atomic E-state index is 4.95. The minimum atomic E-state index is -1.03. The third-order valence-electron chi connectivity index (χ3n) is 0.650. The number of nitrogens with zero attached hydrogens (tertiary/aromatic N) is 1. The lowest BCUT2D eigenvalue weighted by atomic mass is 11.5. The number of rotatable bonds is 2. The van der Waals surface area contributed by atoms with Gasteiger partial charge in [-0.1, -0.05) is 0 Å². The average molecular weight is 249 g/mol. The molecular formula is C4H12INOS. The highest BCUT2D eigenvalue weighted by Gasteiger charge is 1.94. The molecule has 0 unspecified atom stereocenters. The van der Waals surface area contributed by atoms with E-state index < -0.39 is 9.82 Å². The first-order valence-corrected chi connectivity index (χ1v) is 6.06. The van der Waals surface area contributed by atoms with Gasteiger partial charge in [-0.15, -0.1) is 0 Å². The molecule has 0 aliphatic heterocycles. The molecule has 0 bridgehead atoms. The smallest absolute Gasteiger partial charge is 0.0900 e. The van der Waals surface area contributed by atoms with Crippen molar-refractivity contribution in [3.8, 4) is 0 Å². The van der Waals surface area contributed by atoms with Crippen LogP contribution in [-0.4, -0.2) is 25.6 Å². The maximum Gasteiger partial charge on any atom is 0.0900 e. The van der Waals surface area contributed by atoms with E-state index in [1.807, 2.05) is 22.9 Å². The second kappa shape index (κ2) is 3.79. The molecule has 0 atom stereocenters. The normalized spacial score (nSPS) is 13.5. The Bertz CT molecular complexity index is 109. The molecule has 0 spiro atoms. The first-order chi connectivity index (χ1) is 3.62. The molecule has 0 N–H and O–H groups in total. The van der Waals surface area contributed by atoms with Crippen molar-refractivity contribution in [2.45, 2.75) is 0 Å². The molecular weight excluding hydrogens is 237 g/mol. The average Bonchev–Trinajstić information content (AvgIpc) is 1.67. The van der Waals surface area contributed by atoms with Crippen molar-refractivity contribution in [3.05, 3.63) is 0 Å². The molecule has 0 fully saturated rings. The molecule has 0 rings (SSSR count). The van der Waals surface area contributed by atoms with Crippen LogP contribution in [0.1, 0.15) is 0 Å². The third kappa shape index (κ3) is 3.80. The van der Waals surface area contributed by atoms with E-state index in [2.05, 4.69) is 15.1 Å². The Morgan fingerprint density at radius 1 is 1.62 bits per heavy atom. The van der Waals surface area contributed by atoms with Gasteiger partial charge < -0.3 is 4.74 Å². The molecule has 0 heterocycles. The standard InChI is InChI=1S/C4H12INOS/c1-7-4-8(2,3)6-5/h8H,4H2,1-3H3. The van der Waals surface area contributed by atoms with Crippen LogP contribution in [0.2, 0.25) is 0 Å². The van der Waals surface area contributed by atoms with Crippen LogP contribution in [0.4, 0.5) is 0 Å². The van der Waals surface area contributed by atoms with Crippen molar-refractivity contribution >= 4 is 32.7 Å². The molecule has 0 saturated heterocycles. The van der Waals surface area contributed by atoms with Gasteiger partial charge in [0.05, 0.1) is 28.8 Å². The summed E-state index contributed by atoms with van der Waals surface area (Å²) in [5.74, 6) is 0.802. The molecule has 4 heteroatoms. The van der Waals surface area contributed by atoms with Crippen LogP contribution in [0.3, 0.4) is 0 Å². The van der Waals surface area contributed by atoms with Gasteiger partial charge in [0.15, 0.2) is 0 Å². The summed E-state index contributed by atoms with van der Waals surface area (Å²) in [6, 6.07) is 0. The van der Waals surface area contributed by atoms with Crippen LogP contribution in [0.15, 0.2) is 2.58 Å². The summed E-state index contributed by atoms with van der Waals surface area (Å²) >= 11 is 2.05. The van der Waals surface area contributed by atoms with Crippen molar-refractivity contribution in [3.63, 3.8) is 0 Å². The van der Waals surface area contributed by atoms with Crippen LogP contribution >= 0.6 is 22.9 Å². The first kappa shape index (κ1) is 8.84. The number of ether oxygens (including phenoxy) is 1. The molecule has 0 aromatic carbocycles. The van der Waals surface area contributed by atoms with Gasteiger partial charge >= 0.3 is 0 Å². The highest BCUT2D eigenvalue weighted by atomic mass is 127. The number of methoxy groups -OCH3 is 1. The monoisotopic (exact) mass is 249 g/mol. The van der Waals surface area contributed by atoms with E-state index in [4.69, 9.17) is 4.74 Å². The Kier molecular flexibility index (Phi) is 4.19. The van der Waals surface area contributed by atoms with Crippen molar-refractivity contribution in [1.29, 1.82) is 0 Å². The lowest BCUT2D eigenvalue weighted by Crippen LogP contribution is -2.11. The lowest BCUT2D eigenvalue weighted by molar-refractivity contribution is 0.256. The first-order valence-electron chi connectivity index (χ1n) is 2.28. The van der Waals surface area contributed by atoms with Crippen LogP contribution in [-0.2, 0) is 14.6 Å². The Morgan fingerprint density at radius 2 is 2.12 bits per heavy atom. The second-order valence-electron chi connectivity index (χ2n) is 2.11. The van der Waals surface area contributed by atoms with Gasteiger partial charge in [-0.25, -0.2) is 2.58 Å². The number of halogens is 1. The van der Waals surface area contributed by atoms with E-state index in [9.17, 15) is 0 Å². The van der Waals surface area contributed by atoms with Gasteiger partial charge in [-0.3, -0.25) is 0 Å². The van der Waals surface area contributed by atoms with Crippen LogP contribution in [0, 0.1) is 0 Å². The zero-order valence-corrected chi connectivity index (χ0v) is 8.44. The Hall–Kier alpha value is 0.840. The van der Waals surface area contributed by atoms with Crippen molar-refractivity contribution in [2.75, 3.05) is 25.6 Å². The zero-order valence-electron chi connectivity index (χ0n) is 5.39. The quantitative estimate of drug-likeness (QED) is 0.577. The molecule has 8 heavy (non-hydrogen) atoms. The molecule has 0 aliphatic rings. The van der Waals surface area contributed by atoms with Gasteiger partial charge in [-0.2, -0.15) is 9.82 Å². The highest BCUT2D eigenvalue weighted by Crippen LogP contribution is 2.03. The molecule has 0 radical (unpaired) electrons. The predicted molar refractivity (Wildman–Crippen MR) is 48.9 cm³/mol. The Balaban J connectivity index is 3.74. The fraction of sp³-hybridized carbons (Fsp3) is 1.00. The number of hydrogen-bond acceptors (Lipinski definition) is 2. The summed E-state index contributed by atoms with van der Waals surface area (Å²) in [7, 11) is 0.678. The highest BCUT2D eigenvalue weighted by molar-refractivity contribution is 14.1. The van der Waals surface area contributed by atoms with E-state index in [1.165, 1.54) is 0 Å². The minimum Gasteiger partial charge on any atom is -0.375 e. The summed E-state index contributed by atoms with van der Waals surface area (Å²) in [6.45, 7) is 0. The van der Waals surface area contributed by atoms with E-state index in [1.54, 1.807) is 7.11 Å². The summed E-state index contributed by atoms with van der Waals surface area (Å²) in [4.78, 5) is 0. The van der Waals surface area contributed by atoms with Gasteiger partial charge in [-0.05, 0) is 12.5 Å². The van der Waals surface area contributed by atoms with Crippen LogP contribution in [0.25, 0.3) is 0 Å². The molecule has 52 valence electrons. The van der Waals surface area contributed by atoms with Gasteiger partial charge in [0.25, 0.3) is 0 Å². The fourth-order valence-electron chi connectivity index (χ4n) is 0.338. The van der Waals surface area contributed by atoms with E-state index >= 15 is 0 Å². The topological polar surface area (TPSA) is 21.6 Å². The van der Waals surface area contributed by atoms with Crippen molar-refractivity contribution in [2.24, 2.45) is 2.58 Å².